The van der Waals surface area contributed by atoms with Crippen molar-refractivity contribution in [3.05, 3.63) is 84.3 Å². The number of benzene rings is 3. The van der Waals surface area contributed by atoms with Crippen LogP contribution < -0.4 is 4.90 Å². The first kappa shape index (κ1) is 21.0. The number of anilines is 1. The molecule has 9 heteroatoms. The quantitative estimate of drug-likeness (QED) is 0.454. The summed E-state index contributed by atoms with van der Waals surface area (Å²) in [4.78, 5) is 4.09. The van der Waals surface area contributed by atoms with Crippen molar-refractivity contribution >= 4 is 22.5 Å². The summed E-state index contributed by atoms with van der Waals surface area (Å²) in [5.41, 5.74) is 0.837. The summed E-state index contributed by atoms with van der Waals surface area (Å²) in [5, 5.41) is 14.3. The smallest absolute Gasteiger partial charge is 0.374 e. The van der Waals surface area contributed by atoms with Gasteiger partial charge >= 0.3 is 6.18 Å². The van der Waals surface area contributed by atoms with Gasteiger partial charge in [0, 0.05) is 44.1 Å². The first-order valence-electron chi connectivity index (χ1n) is 10.6. The normalized spacial score (nSPS) is 15.0. The van der Waals surface area contributed by atoms with Crippen LogP contribution in [0.5, 0.6) is 0 Å². The molecular formula is C24H21F3N6. The molecule has 168 valence electrons. The van der Waals surface area contributed by atoms with E-state index in [2.05, 4.69) is 26.5 Å². The Morgan fingerprint density at radius 2 is 1.58 bits per heavy atom. The molecule has 6 nitrogen and oxygen atoms in total. The summed E-state index contributed by atoms with van der Waals surface area (Å²) < 4.78 is 40.7. The molecule has 3 aromatic carbocycles. The maximum Gasteiger partial charge on any atom is 0.416 e. The molecule has 0 bridgehead atoms. The molecule has 0 aliphatic carbocycles. The Morgan fingerprint density at radius 3 is 2.36 bits per heavy atom. The van der Waals surface area contributed by atoms with Gasteiger partial charge in [-0.3, -0.25) is 0 Å². The number of nitrogens with zero attached hydrogens (tertiary/aromatic N) is 6. The minimum Gasteiger partial charge on any atom is -0.374 e. The van der Waals surface area contributed by atoms with Gasteiger partial charge in [-0.1, -0.05) is 36.4 Å². The molecule has 33 heavy (non-hydrogen) atoms. The van der Waals surface area contributed by atoms with E-state index < -0.39 is 11.7 Å². The van der Waals surface area contributed by atoms with Gasteiger partial charge in [-0.25, -0.2) is 0 Å². The minimum atomic E-state index is -4.34. The number of hydrogen-bond donors (Lipinski definition) is 0. The lowest BCUT2D eigenvalue weighted by Crippen LogP contribution is -2.44. The van der Waals surface area contributed by atoms with Gasteiger partial charge in [0.1, 0.15) is 0 Å². The van der Waals surface area contributed by atoms with Gasteiger partial charge in [-0.2, -0.15) is 17.9 Å². The Bertz CT molecular complexity index is 1290. The van der Waals surface area contributed by atoms with Crippen LogP contribution in [0.3, 0.4) is 0 Å². The number of piperazine rings is 1. The van der Waals surface area contributed by atoms with E-state index in [0.29, 0.717) is 37.7 Å². The number of rotatable bonds is 4. The van der Waals surface area contributed by atoms with Crippen LogP contribution >= 0.6 is 0 Å². The lowest BCUT2D eigenvalue weighted by atomic mass is 10.1. The van der Waals surface area contributed by atoms with E-state index in [1.165, 1.54) is 12.1 Å². The Morgan fingerprint density at radius 1 is 0.788 bits per heavy atom. The average molecular weight is 450 g/mol. The third kappa shape index (κ3) is 4.52. The van der Waals surface area contributed by atoms with Crippen molar-refractivity contribution in [1.29, 1.82) is 0 Å². The minimum absolute atomic E-state index is 0.591. The molecule has 0 unspecified atom stereocenters. The molecule has 1 saturated heterocycles. The third-order valence-electron chi connectivity index (χ3n) is 5.76. The van der Waals surface area contributed by atoms with Gasteiger partial charge in [0.05, 0.1) is 11.3 Å². The van der Waals surface area contributed by atoms with E-state index in [4.69, 9.17) is 0 Å². The van der Waals surface area contributed by atoms with Crippen LogP contribution in [0.1, 0.15) is 11.4 Å². The van der Waals surface area contributed by atoms with Crippen LogP contribution in [0.4, 0.5) is 18.9 Å². The summed E-state index contributed by atoms with van der Waals surface area (Å²) in [7, 11) is 0. The van der Waals surface area contributed by atoms with Crippen molar-refractivity contribution in [1.82, 2.24) is 25.1 Å². The molecule has 0 N–H and O–H groups in total. The standard InChI is InChI=1S/C24H21F3N6/c25-24(26,27)20-6-3-7-21(17-20)32-14-12-31(13-15-32)11-10-23-28-29-30-33(23)22-9-8-18-4-1-2-5-19(18)16-22/h1-11,16-17H,12-15H2/b11-10+. The zero-order chi connectivity index (χ0) is 22.8. The monoisotopic (exact) mass is 450 g/mol. The number of fused-ring (bicyclic) bond motifs is 1. The highest BCUT2D eigenvalue weighted by Gasteiger charge is 2.31. The second-order valence-corrected chi connectivity index (χ2v) is 7.87. The molecule has 1 aliphatic rings. The number of alkyl halides is 3. The largest absolute Gasteiger partial charge is 0.416 e. The highest BCUT2D eigenvalue weighted by atomic mass is 19.4. The topological polar surface area (TPSA) is 50.1 Å². The summed E-state index contributed by atoms with van der Waals surface area (Å²) in [6, 6.07) is 19.6. The number of tetrazole rings is 1. The fraction of sp³-hybridized carbons (Fsp3) is 0.208. The Balaban J connectivity index is 1.26. The molecule has 0 radical (unpaired) electrons. The molecule has 0 saturated carbocycles. The molecule has 0 spiro atoms. The zero-order valence-electron chi connectivity index (χ0n) is 17.7. The SMILES string of the molecule is FC(F)(F)c1cccc(N2CCN(/C=C/c3nnnn3-c3ccc4ccccc4c3)CC2)c1. The predicted octanol–water partition coefficient (Wildman–Crippen LogP) is 4.63. The molecular weight excluding hydrogens is 429 g/mol. The van der Waals surface area contributed by atoms with Gasteiger partial charge < -0.3 is 9.80 Å². The second kappa shape index (κ2) is 8.57. The number of halogens is 3. The van der Waals surface area contributed by atoms with E-state index in [1.807, 2.05) is 53.6 Å². The molecule has 2 heterocycles. The van der Waals surface area contributed by atoms with Gasteiger partial charge in [0.15, 0.2) is 5.82 Å². The van der Waals surface area contributed by atoms with Crippen molar-refractivity contribution in [2.75, 3.05) is 31.1 Å². The van der Waals surface area contributed by atoms with E-state index in [0.717, 1.165) is 22.5 Å². The Labute approximate surface area is 188 Å². The summed E-state index contributed by atoms with van der Waals surface area (Å²) in [6.45, 7) is 2.62. The zero-order valence-corrected chi connectivity index (χ0v) is 17.7. The summed E-state index contributed by atoms with van der Waals surface area (Å²) in [5.74, 6) is 0.602. The van der Waals surface area contributed by atoms with Crippen LogP contribution in [0, 0.1) is 0 Å². The average Bonchev–Trinajstić information content (AvgIpc) is 3.31. The Hall–Kier alpha value is -3.88. The van der Waals surface area contributed by atoms with Crippen molar-refractivity contribution in [2.24, 2.45) is 0 Å². The van der Waals surface area contributed by atoms with Crippen LogP contribution in [0.15, 0.2) is 72.9 Å². The van der Waals surface area contributed by atoms with Crippen molar-refractivity contribution in [3.8, 4) is 5.69 Å². The van der Waals surface area contributed by atoms with Crippen LogP contribution in [0.25, 0.3) is 22.5 Å². The first-order chi connectivity index (χ1) is 16.0. The molecule has 4 aromatic rings. The molecule has 0 atom stereocenters. The second-order valence-electron chi connectivity index (χ2n) is 7.87. The molecule has 1 aromatic heterocycles. The fourth-order valence-corrected chi connectivity index (χ4v) is 3.97. The van der Waals surface area contributed by atoms with Crippen molar-refractivity contribution in [2.45, 2.75) is 6.18 Å². The lowest BCUT2D eigenvalue weighted by Gasteiger charge is -2.35. The van der Waals surface area contributed by atoms with E-state index >= 15 is 0 Å². The van der Waals surface area contributed by atoms with E-state index in [-0.39, 0.29) is 0 Å². The molecule has 5 rings (SSSR count). The molecule has 1 fully saturated rings. The van der Waals surface area contributed by atoms with Crippen LogP contribution in [-0.4, -0.2) is 51.3 Å². The maximum atomic E-state index is 13.0. The first-order valence-corrected chi connectivity index (χ1v) is 10.6. The number of hydrogen-bond acceptors (Lipinski definition) is 5. The summed E-state index contributed by atoms with van der Waals surface area (Å²) >= 11 is 0. The van der Waals surface area contributed by atoms with Crippen LogP contribution in [-0.2, 0) is 6.18 Å². The van der Waals surface area contributed by atoms with E-state index in [1.54, 1.807) is 10.7 Å². The highest BCUT2D eigenvalue weighted by molar-refractivity contribution is 5.84. The van der Waals surface area contributed by atoms with Crippen molar-refractivity contribution in [3.63, 3.8) is 0 Å². The number of aromatic nitrogens is 4. The van der Waals surface area contributed by atoms with Crippen LogP contribution in [0.2, 0.25) is 0 Å². The van der Waals surface area contributed by atoms with Crippen molar-refractivity contribution < 1.29 is 13.2 Å². The van der Waals surface area contributed by atoms with E-state index in [9.17, 15) is 13.2 Å². The third-order valence-corrected chi connectivity index (χ3v) is 5.76. The van der Waals surface area contributed by atoms with Gasteiger partial charge in [0.2, 0.25) is 0 Å². The summed E-state index contributed by atoms with van der Waals surface area (Å²) in [6.07, 6.45) is -0.544. The fourth-order valence-electron chi connectivity index (χ4n) is 3.97. The Kier molecular flexibility index (Phi) is 5.45. The predicted molar refractivity (Wildman–Crippen MR) is 121 cm³/mol. The lowest BCUT2D eigenvalue weighted by molar-refractivity contribution is -0.137. The van der Waals surface area contributed by atoms with Gasteiger partial charge in [0.25, 0.3) is 0 Å². The molecule has 0 amide bonds. The van der Waals surface area contributed by atoms with Gasteiger partial charge in [-0.05, 0) is 51.5 Å². The van der Waals surface area contributed by atoms with Gasteiger partial charge in [-0.15, -0.1) is 5.10 Å². The molecule has 1 aliphatic heterocycles. The highest BCUT2D eigenvalue weighted by Crippen LogP contribution is 2.32. The maximum absolute atomic E-state index is 13.0.